The highest BCUT2D eigenvalue weighted by atomic mass is 15.2. The third-order valence-corrected chi connectivity index (χ3v) is 3.50. The molecule has 0 radical (unpaired) electrons. The molecule has 96 valence electrons. The number of nitrogens with zero attached hydrogens (tertiary/aromatic N) is 3. The number of likely N-dealkylation sites (tertiary alicyclic amines) is 1. The topological polar surface area (TPSA) is 33.1 Å². The van der Waals surface area contributed by atoms with Crippen molar-refractivity contribution in [1.82, 2.24) is 19.8 Å². The maximum Gasteiger partial charge on any atom is 0.0948 e. The van der Waals surface area contributed by atoms with Gasteiger partial charge in [-0.25, -0.2) is 4.98 Å². The zero-order valence-corrected chi connectivity index (χ0v) is 11.0. The van der Waals surface area contributed by atoms with E-state index in [1.807, 2.05) is 12.5 Å². The Hall–Kier alpha value is -0.870. The van der Waals surface area contributed by atoms with Crippen LogP contribution in [0.25, 0.3) is 0 Å². The van der Waals surface area contributed by atoms with E-state index < -0.39 is 0 Å². The molecule has 0 saturated carbocycles. The Labute approximate surface area is 104 Å². The second-order valence-corrected chi connectivity index (χ2v) is 4.96. The van der Waals surface area contributed by atoms with Gasteiger partial charge in [0.15, 0.2) is 0 Å². The van der Waals surface area contributed by atoms with E-state index >= 15 is 0 Å². The number of aromatic nitrogens is 2. The van der Waals surface area contributed by atoms with Gasteiger partial charge < -0.3 is 14.8 Å². The maximum atomic E-state index is 4.19. The molecule has 0 bridgehead atoms. The molecule has 0 aromatic carbocycles. The Morgan fingerprint density at radius 2 is 2.18 bits per heavy atom. The summed E-state index contributed by atoms with van der Waals surface area (Å²) in [6.07, 6.45) is 6.60. The van der Waals surface area contributed by atoms with E-state index in [4.69, 9.17) is 0 Å². The number of aryl methyl sites for hydroxylation is 1. The number of nitrogens with one attached hydrogen (secondary N) is 1. The second-order valence-electron chi connectivity index (χ2n) is 4.96. The van der Waals surface area contributed by atoms with Gasteiger partial charge in [0, 0.05) is 31.9 Å². The predicted octanol–water partition coefficient (Wildman–Crippen LogP) is 1.48. The van der Waals surface area contributed by atoms with Crippen molar-refractivity contribution in [3.63, 3.8) is 0 Å². The molecule has 1 aromatic rings. The lowest BCUT2D eigenvalue weighted by Gasteiger charge is -2.21. The van der Waals surface area contributed by atoms with Gasteiger partial charge in [0.2, 0.25) is 0 Å². The van der Waals surface area contributed by atoms with Crippen LogP contribution in [0.2, 0.25) is 0 Å². The molecule has 1 N–H and O–H groups in total. The van der Waals surface area contributed by atoms with E-state index in [1.54, 1.807) is 0 Å². The number of rotatable bonds is 6. The minimum Gasteiger partial charge on any atom is -0.334 e. The lowest BCUT2D eigenvalue weighted by atomic mass is 10.3. The summed E-state index contributed by atoms with van der Waals surface area (Å²) in [6, 6.07) is 0.549. The van der Waals surface area contributed by atoms with Gasteiger partial charge in [0.1, 0.15) is 0 Å². The molecule has 1 atom stereocenters. The smallest absolute Gasteiger partial charge is 0.0948 e. The van der Waals surface area contributed by atoms with E-state index in [9.17, 15) is 0 Å². The van der Waals surface area contributed by atoms with Crippen LogP contribution in [0.4, 0.5) is 0 Å². The Kier molecular flexibility index (Phi) is 4.57. The average molecular weight is 236 g/mol. The van der Waals surface area contributed by atoms with Gasteiger partial charge >= 0.3 is 0 Å². The first-order chi connectivity index (χ1) is 8.29. The van der Waals surface area contributed by atoms with Crippen molar-refractivity contribution < 1.29 is 0 Å². The van der Waals surface area contributed by atoms with Crippen molar-refractivity contribution in [3.05, 3.63) is 18.2 Å². The summed E-state index contributed by atoms with van der Waals surface area (Å²) in [5.41, 5.74) is 1.28. The van der Waals surface area contributed by atoms with Crippen LogP contribution in [-0.4, -0.2) is 40.1 Å². The quantitative estimate of drug-likeness (QED) is 0.812. The van der Waals surface area contributed by atoms with Crippen LogP contribution >= 0.6 is 0 Å². The van der Waals surface area contributed by atoms with Crippen molar-refractivity contribution in [3.8, 4) is 0 Å². The molecule has 2 heterocycles. The van der Waals surface area contributed by atoms with E-state index in [-0.39, 0.29) is 0 Å². The van der Waals surface area contributed by atoms with Crippen molar-refractivity contribution in [2.45, 2.75) is 45.8 Å². The predicted molar refractivity (Wildman–Crippen MR) is 69.9 cm³/mol. The molecular formula is C13H24N4. The minimum absolute atomic E-state index is 0.549. The fourth-order valence-electron chi connectivity index (χ4n) is 2.48. The van der Waals surface area contributed by atoms with Crippen molar-refractivity contribution in [2.75, 3.05) is 19.6 Å². The van der Waals surface area contributed by atoms with Crippen molar-refractivity contribution in [1.29, 1.82) is 0 Å². The summed E-state index contributed by atoms with van der Waals surface area (Å²) < 4.78 is 2.19. The molecule has 1 aliphatic heterocycles. The maximum absolute atomic E-state index is 4.19. The zero-order chi connectivity index (χ0) is 12.1. The van der Waals surface area contributed by atoms with Crippen LogP contribution in [0.15, 0.2) is 12.5 Å². The Balaban J connectivity index is 1.73. The first-order valence-electron chi connectivity index (χ1n) is 6.74. The van der Waals surface area contributed by atoms with Crippen LogP contribution in [0.3, 0.4) is 0 Å². The molecule has 1 aliphatic rings. The average Bonchev–Trinajstić information content (AvgIpc) is 2.96. The van der Waals surface area contributed by atoms with Gasteiger partial charge in [-0.05, 0) is 39.8 Å². The normalized spacial score (nSPS) is 18.7. The number of imidazole rings is 1. The largest absolute Gasteiger partial charge is 0.334 e. The number of hydrogen-bond donors (Lipinski definition) is 1. The minimum atomic E-state index is 0.549. The zero-order valence-electron chi connectivity index (χ0n) is 11.0. The highest BCUT2D eigenvalue weighted by Crippen LogP contribution is 2.07. The summed E-state index contributed by atoms with van der Waals surface area (Å²) in [6.45, 7) is 10.1. The summed E-state index contributed by atoms with van der Waals surface area (Å²) in [7, 11) is 0. The van der Waals surface area contributed by atoms with Gasteiger partial charge in [-0.2, -0.15) is 0 Å². The standard InChI is InChI=1S/C13H24N4/c1-3-17-11-14-8-13(17)9-15-12(2)10-16-6-4-5-7-16/h8,11-12,15H,3-7,9-10H2,1-2H3. The molecule has 0 amide bonds. The van der Waals surface area contributed by atoms with E-state index in [0.29, 0.717) is 6.04 Å². The van der Waals surface area contributed by atoms with Crippen LogP contribution in [-0.2, 0) is 13.1 Å². The first-order valence-corrected chi connectivity index (χ1v) is 6.74. The lowest BCUT2D eigenvalue weighted by Crippen LogP contribution is -2.37. The van der Waals surface area contributed by atoms with Crippen molar-refractivity contribution in [2.24, 2.45) is 0 Å². The number of hydrogen-bond acceptors (Lipinski definition) is 3. The SMILES string of the molecule is CCn1cncc1CNC(C)CN1CCCC1. The first kappa shape index (κ1) is 12.6. The molecule has 1 saturated heterocycles. The van der Waals surface area contributed by atoms with E-state index in [2.05, 4.69) is 33.6 Å². The molecule has 0 spiro atoms. The van der Waals surface area contributed by atoms with Crippen LogP contribution < -0.4 is 5.32 Å². The second kappa shape index (κ2) is 6.17. The molecule has 1 fully saturated rings. The van der Waals surface area contributed by atoms with Gasteiger partial charge in [-0.15, -0.1) is 0 Å². The fourth-order valence-corrected chi connectivity index (χ4v) is 2.48. The Bertz CT molecular complexity index is 328. The lowest BCUT2D eigenvalue weighted by molar-refractivity contribution is 0.297. The Morgan fingerprint density at radius 1 is 1.41 bits per heavy atom. The van der Waals surface area contributed by atoms with Gasteiger partial charge in [0.25, 0.3) is 0 Å². The van der Waals surface area contributed by atoms with Gasteiger partial charge in [-0.3, -0.25) is 0 Å². The third kappa shape index (κ3) is 3.54. The fraction of sp³-hybridized carbons (Fsp3) is 0.769. The summed E-state index contributed by atoms with van der Waals surface area (Å²) in [5.74, 6) is 0. The molecule has 1 unspecified atom stereocenters. The highest BCUT2D eigenvalue weighted by molar-refractivity contribution is 4.98. The molecule has 4 heteroatoms. The van der Waals surface area contributed by atoms with E-state index in [1.165, 1.54) is 38.2 Å². The van der Waals surface area contributed by atoms with E-state index in [0.717, 1.165) is 13.1 Å². The van der Waals surface area contributed by atoms with Gasteiger partial charge in [0.05, 0.1) is 12.0 Å². The molecule has 4 nitrogen and oxygen atoms in total. The monoisotopic (exact) mass is 236 g/mol. The highest BCUT2D eigenvalue weighted by Gasteiger charge is 2.14. The molecule has 1 aromatic heterocycles. The van der Waals surface area contributed by atoms with Gasteiger partial charge in [-0.1, -0.05) is 0 Å². The summed E-state index contributed by atoms with van der Waals surface area (Å²) in [5, 5.41) is 3.58. The molecule has 0 aliphatic carbocycles. The molecule has 2 rings (SSSR count). The van der Waals surface area contributed by atoms with Crippen molar-refractivity contribution >= 4 is 0 Å². The third-order valence-electron chi connectivity index (χ3n) is 3.50. The van der Waals surface area contributed by atoms with Crippen LogP contribution in [0.5, 0.6) is 0 Å². The Morgan fingerprint density at radius 3 is 2.88 bits per heavy atom. The molecule has 17 heavy (non-hydrogen) atoms. The van der Waals surface area contributed by atoms with Crippen LogP contribution in [0.1, 0.15) is 32.4 Å². The molecular weight excluding hydrogens is 212 g/mol. The van der Waals surface area contributed by atoms with Crippen LogP contribution in [0, 0.1) is 0 Å². The summed E-state index contributed by atoms with van der Waals surface area (Å²) >= 11 is 0. The summed E-state index contributed by atoms with van der Waals surface area (Å²) in [4.78, 5) is 6.74.